The van der Waals surface area contributed by atoms with E-state index in [2.05, 4.69) is 38.9 Å². The van der Waals surface area contributed by atoms with Crippen molar-refractivity contribution in [1.29, 1.82) is 0 Å². The molecular formula is C24H33ClFN3. The van der Waals surface area contributed by atoms with E-state index in [-0.39, 0.29) is 11.0 Å². The van der Waals surface area contributed by atoms with Gasteiger partial charge in [-0.05, 0) is 50.3 Å². The molecule has 0 aromatic carbocycles. The van der Waals surface area contributed by atoms with E-state index in [4.69, 9.17) is 17.3 Å². The van der Waals surface area contributed by atoms with Crippen LogP contribution in [-0.4, -0.2) is 16.9 Å². The molecule has 0 saturated carbocycles. The lowest BCUT2D eigenvalue weighted by Gasteiger charge is -2.37. The molecule has 0 amide bonds. The van der Waals surface area contributed by atoms with Crippen LogP contribution in [0.5, 0.6) is 0 Å². The summed E-state index contributed by atoms with van der Waals surface area (Å²) in [5.74, 6) is 0.340. The third-order valence-corrected chi connectivity index (χ3v) is 5.73. The van der Waals surface area contributed by atoms with Crippen molar-refractivity contribution in [2.45, 2.75) is 54.1 Å². The lowest BCUT2D eigenvalue weighted by Crippen LogP contribution is -2.33. The highest BCUT2D eigenvalue weighted by atomic mass is 35.5. The lowest BCUT2D eigenvalue weighted by atomic mass is 9.74. The van der Waals surface area contributed by atoms with Gasteiger partial charge in [0.1, 0.15) is 12.0 Å². The summed E-state index contributed by atoms with van der Waals surface area (Å²) in [4.78, 5) is 6.19. The summed E-state index contributed by atoms with van der Waals surface area (Å²) in [6.45, 7) is 20.6. The van der Waals surface area contributed by atoms with E-state index in [1.165, 1.54) is 0 Å². The van der Waals surface area contributed by atoms with E-state index in [9.17, 15) is 0 Å². The number of aliphatic imine (C=N–C) groups is 1. The molecule has 2 rings (SSSR count). The van der Waals surface area contributed by atoms with Gasteiger partial charge in [0.05, 0.1) is 10.7 Å². The number of amidine groups is 1. The molecule has 3 unspecified atom stereocenters. The number of nitrogens with two attached hydrogens (primary N) is 1. The van der Waals surface area contributed by atoms with E-state index in [0.29, 0.717) is 11.8 Å². The minimum absolute atomic E-state index is 0.0863. The van der Waals surface area contributed by atoms with Crippen LogP contribution in [0.15, 0.2) is 75.3 Å². The Morgan fingerprint density at radius 2 is 1.90 bits per heavy atom. The first-order valence-corrected chi connectivity index (χ1v) is 10.4. The zero-order chi connectivity index (χ0) is 22.0. The number of rotatable bonds is 6. The Labute approximate surface area is 179 Å². The van der Waals surface area contributed by atoms with E-state index < -0.39 is 12.1 Å². The molecule has 1 aliphatic heterocycles. The van der Waals surface area contributed by atoms with Gasteiger partial charge in [-0.25, -0.2) is 9.38 Å². The predicted molar refractivity (Wildman–Crippen MR) is 123 cm³/mol. The SMILES string of the molecule is C=C(C)C1C(CC(C)C)=C(C(C)C(=C)N2C=CN=C(N)C2=C(C)C)C=C(Cl)C1F. The molecule has 0 aromatic heterocycles. The monoisotopic (exact) mass is 417 g/mol. The van der Waals surface area contributed by atoms with Crippen molar-refractivity contribution < 1.29 is 4.39 Å². The van der Waals surface area contributed by atoms with Crippen molar-refractivity contribution in [2.75, 3.05) is 0 Å². The summed E-state index contributed by atoms with van der Waals surface area (Å²) in [7, 11) is 0. The largest absolute Gasteiger partial charge is 0.382 e. The van der Waals surface area contributed by atoms with Gasteiger partial charge in [-0.1, -0.05) is 56.7 Å². The second kappa shape index (κ2) is 9.17. The zero-order valence-corrected chi connectivity index (χ0v) is 19.1. The van der Waals surface area contributed by atoms with E-state index >= 15 is 4.39 Å². The molecule has 0 aromatic rings. The predicted octanol–water partition coefficient (Wildman–Crippen LogP) is 6.58. The number of allylic oxidation sites excluding steroid dienone is 6. The van der Waals surface area contributed by atoms with Crippen molar-refractivity contribution >= 4 is 17.4 Å². The molecule has 1 aliphatic carbocycles. The molecule has 3 nitrogen and oxygen atoms in total. The fourth-order valence-corrected chi connectivity index (χ4v) is 4.28. The van der Waals surface area contributed by atoms with Gasteiger partial charge in [0, 0.05) is 29.9 Å². The first-order chi connectivity index (χ1) is 13.5. The molecule has 158 valence electrons. The van der Waals surface area contributed by atoms with Crippen molar-refractivity contribution in [3.05, 3.63) is 70.4 Å². The molecule has 0 fully saturated rings. The molecular weight excluding hydrogens is 385 g/mol. The van der Waals surface area contributed by atoms with Gasteiger partial charge >= 0.3 is 0 Å². The Morgan fingerprint density at radius 3 is 2.41 bits per heavy atom. The molecule has 2 aliphatic rings. The highest BCUT2D eigenvalue weighted by Crippen LogP contribution is 2.44. The molecule has 0 radical (unpaired) electrons. The van der Waals surface area contributed by atoms with E-state index in [0.717, 1.165) is 40.1 Å². The maximum Gasteiger partial charge on any atom is 0.147 e. The number of hydrogen-bond donors (Lipinski definition) is 1. The molecule has 5 heteroatoms. The van der Waals surface area contributed by atoms with Crippen LogP contribution in [0.25, 0.3) is 0 Å². The van der Waals surface area contributed by atoms with E-state index in [1.54, 1.807) is 12.3 Å². The highest BCUT2D eigenvalue weighted by Gasteiger charge is 2.36. The standard InChI is InChI=1S/C24H33ClFN3/c1-13(2)11-19-18(12-20(25)22(26)21(19)14(3)4)16(7)17(8)29-10-9-28-24(27)23(29)15(5)6/h9-10,12-13,16,21-22H,3,8,11H2,1-2,4-7H3,(H2,27,28). The Bertz CT molecular complexity index is 853. The molecule has 1 heterocycles. The number of alkyl halides is 1. The normalized spacial score (nSPS) is 23.2. The highest BCUT2D eigenvalue weighted by molar-refractivity contribution is 6.30. The van der Waals surface area contributed by atoms with Gasteiger partial charge in [-0.2, -0.15) is 0 Å². The second-order valence-corrected chi connectivity index (χ2v) is 9.01. The number of hydrogen-bond acceptors (Lipinski definition) is 3. The van der Waals surface area contributed by atoms with Crippen molar-refractivity contribution in [3.63, 3.8) is 0 Å². The van der Waals surface area contributed by atoms with Crippen LogP contribution in [0.2, 0.25) is 0 Å². The van der Waals surface area contributed by atoms with Gasteiger partial charge in [0.15, 0.2) is 0 Å². The second-order valence-electron chi connectivity index (χ2n) is 8.58. The van der Waals surface area contributed by atoms with Crippen LogP contribution in [0.3, 0.4) is 0 Å². The zero-order valence-electron chi connectivity index (χ0n) is 18.4. The van der Waals surface area contributed by atoms with Crippen molar-refractivity contribution in [3.8, 4) is 0 Å². The quantitative estimate of drug-likeness (QED) is 0.495. The van der Waals surface area contributed by atoms with Gasteiger partial charge < -0.3 is 10.6 Å². The fraction of sp³-hybridized carbons (Fsp3) is 0.458. The molecule has 0 saturated heterocycles. The summed E-state index contributed by atoms with van der Waals surface area (Å²) < 4.78 is 15.0. The van der Waals surface area contributed by atoms with Crippen LogP contribution >= 0.6 is 11.6 Å². The van der Waals surface area contributed by atoms with Crippen LogP contribution in [0.4, 0.5) is 4.39 Å². The summed E-state index contributed by atoms with van der Waals surface area (Å²) in [5, 5.41) is 0.220. The fourth-order valence-electron chi connectivity index (χ4n) is 4.04. The molecule has 0 spiro atoms. The first kappa shape index (κ1) is 23.2. The van der Waals surface area contributed by atoms with Gasteiger partial charge in [-0.3, -0.25) is 0 Å². The molecule has 0 bridgehead atoms. The minimum Gasteiger partial charge on any atom is -0.382 e. The van der Waals surface area contributed by atoms with Crippen molar-refractivity contribution in [1.82, 2.24) is 4.90 Å². The first-order valence-electron chi connectivity index (χ1n) is 10.0. The third-order valence-electron chi connectivity index (χ3n) is 5.42. The van der Waals surface area contributed by atoms with Crippen LogP contribution in [0.1, 0.15) is 48.0 Å². The average Bonchev–Trinajstić information content (AvgIpc) is 2.62. The number of nitrogens with zero attached hydrogens (tertiary/aromatic N) is 2. The smallest absolute Gasteiger partial charge is 0.147 e. The van der Waals surface area contributed by atoms with Crippen molar-refractivity contribution in [2.24, 2.45) is 28.5 Å². The van der Waals surface area contributed by atoms with Crippen LogP contribution in [-0.2, 0) is 0 Å². The molecule has 29 heavy (non-hydrogen) atoms. The van der Waals surface area contributed by atoms with Crippen LogP contribution in [0, 0.1) is 17.8 Å². The Balaban J connectivity index is 2.56. The maximum absolute atomic E-state index is 15.0. The average molecular weight is 418 g/mol. The lowest BCUT2D eigenvalue weighted by molar-refractivity contribution is 0.316. The Hall–Kier alpha value is -2.07. The number of halogens is 2. The van der Waals surface area contributed by atoms with Gasteiger partial charge in [0.25, 0.3) is 0 Å². The minimum atomic E-state index is -1.25. The summed E-state index contributed by atoms with van der Waals surface area (Å²) in [5.41, 5.74) is 11.7. The Morgan fingerprint density at radius 1 is 1.28 bits per heavy atom. The maximum atomic E-state index is 15.0. The third kappa shape index (κ3) is 4.75. The Kier molecular flexibility index (Phi) is 7.34. The molecule has 3 atom stereocenters. The summed E-state index contributed by atoms with van der Waals surface area (Å²) >= 11 is 6.34. The van der Waals surface area contributed by atoms with Gasteiger partial charge in [0.2, 0.25) is 0 Å². The molecule has 2 N–H and O–H groups in total. The topological polar surface area (TPSA) is 41.6 Å². The van der Waals surface area contributed by atoms with Gasteiger partial charge in [-0.15, -0.1) is 0 Å². The summed E-state index contributed by atoms with van der Waals surface area (Å²) in [6.07, 6.45) is 4.84. The van der Waals surface area contributed by atoms with Crippen LogP contribution < -0.4 is 5.73 Å². The summed E-state index contributed by atoms with van der Waals surface area (Å²) in [6, 6.07) is 0. The van der Waals surface area contributed by atoms with E-state index in [1.807, 2.05) is 31.9 Å².